The van der Waals surface area contributed by atoms with Crippen molar-refractivity contribution in [3.8, 4) is 0 Å². The van der Waals surface area contributed by atoms with Crippen molar-refractivity contribution < 1.29 is 14.7 Å². The first-order chi connectivity index (χ1) is 12.0. The van der Waals surface area contributed by atoms with Crippen LogP contribution in [0.3, 0.4) is 0 Å². The van der Waals surface area contributed by atoms with E-state index in [1.807, 2.05) is 42.2 Å². The number of carbonyl (C=O) groups is 2. The Morgan fingerprint density at radius 1 is 1.16 bits per heavy atom. The van der Waals surface area contributed by atoms with Crippen LogP contribution >= 0.6 is 0 Å². The Morgan fingerprint density at radius 3 is 2.52 bits per heavy atom. The van der Waals surface area contributed by atoms with Crippen LogP contribution in [-0.2, 0) is 4.79 Å². The lowest BCUT2D eigenvalue weighted by atomic mass is 9.80. The molecule has 1 saturated heterocycles. The molecular weight excluding hydrogens is 316 g/mol. The van der Waals surface area contributed by atoms with Gasteiger partial charge in [0.05, 0.1) is 11.5 Å². The van der Waals surface area contributed by atoms with Gasteiger partial charge in [-0.2, -0.15) is 0 Å². The molecule has 3 rings (SSSR count). The number of nitrogens with zero attached hydrogens (tertiary/aromatic N) is 1. The first-order valence-corrected chi connectivity index (χ1v) is 9.31. The molecule has 2 amide bonds. The molecule has 1 atom stereocenters. The molecule has 0 radical (unpaired) electrons. The van der Waals surface area contributed by atoms with Gasteiger partial charge in [-0.3, -0.25) is 9.59 Å². The Hall–Kier alpha value is -1.88. The van der Waals surface area contributed by atoms with E-state index in [1.165, 1.54) is 0 Å². The molecule has 25 heavy (non-hydrogen) atoms. The zero-order valence-corrected chi connectivity index (χ0v) is 14.9. The van der Waals surface area contributed by atoms with E-state index in [4.69, 9.17) is 0 Å². The van der Waals surface area contributed by atoms with Gasteiger partial charge in [0, 0.05) is 24.7 Å². The SMILES string of the molecule is CC1(C(=O)NC2CCC(O)CC2)CCCN(C(=O)c2ccccc2)C1. The Kier molecular flexibility index (Phi) is 5.42. The van der Waals surface area contributed by atoms with Crippen molar-refractivity contribution in [1.82, 2.24) is 10.2 Å². The fraction of sp³-hybridized carbons (Fsp3) is 0.600. The molecule has 136 valence electrons. The summed E-state index contributed by atoms with van der Waals surface area (Å²) in [7, 11) is 0. The second-order valence-electron chi connectivity index (χ2n) is 7.74. The number of piperidine rings is 1. The van der Waals surface area contributed by atoms with E-state index in [1.54, 1.807) is 0 Å². The molecule has 2 N–H and O–H groups in total. The van der Waals surface area contributed by atoms with Crippen molar-refractivity contribution in [1.29, 1.82) is 0 Å². The number of hydrogen-bond acceptors (Lipinski definition) is 3. The highest BCUT2D eigenvalue weighted by molar-refractivity contribution is 5.95. The maximum absolute atomic E-state index is 12.9. The third-order valence-electron chi connectivity index (χ3n) is 5.58. The third kappa shape index (κ3) is 4.21. The lowest BCUT2D eigenvalue weighted by molar-refractivity contribution is -0.133. The summed E-state index contributed by atoms with van der Waals surface area (Å²) in [5.41, 5.74) is 0.132. The van der Waals surface area contributed by atoms with Crippen molar-refractivity contribution in [2.24, 2.45) is 5.41 Å². The van der Waals surface area contributed by atoms with Crippen LogP contribution in [0.4, 0.5) is 0 Å². The normalized spacial score (nSPS) is 29.9. The van der Waals surface area contributed by atoms with Crippen molar-refractivity contribution in [3.63, 3.8) is 0 Å². The maximum atomic E-state index is 12.9. The van der Waals surface area contributed by atoms with E-state index in [2.05, 4.69) is 5.32 Å². The molecule has 2 fully saturated rings. The molecule has 5 heteroatoms. The summed E-state index contributed by atoms with van der Waals surface area (Å²) in [4.78, 5) is 27.4. The predicted octanol–water partition coefficient (Wildman–Crippen LogP) is 2.35. The zero-order chi connectivity index (χ0) is 17.9. The molecule has 1 aliphatic heterocycles. The molecule has 0 aromatic heterocycles. The summed E-state index contributed by atoms with van der Waals surface area (Å²) in [6, 6.07) is 9.41. The number of rotatable bonds is 3. The lowest BCUT2D eigenvalue weighted by Gasteiger charge is -2.40. The predicted molar refractivity (Wildman–Crippen MR) is 96.1 cm³/mol. The van der Waals surface area contributed by atoms with Gasteiger partial charge in [-0.05, 0) is 57.6 Å². The number of aliphatic hydroxyl groups excluding tert-OH is 1. The largest absolute Gasteiger partial charge is 0.393 e. The van der Waals surface area contributed by atoms with Crippen molar-refractivity contribution >= 4 is 11.8 Å². The molecule has 5 nitrogen and oxygen atoms in total. The number of amides is 2. The third-order valence-corrected chi connectivity index (χ3v) is 5.58. The summed E-state index contributed by atoms with van der Waals surface area (Å²) in [6.45, 7) is 3.12. The van der Waals surface area contributed by atoms with Crippen LogP contribution in [0, 0.1) is 5.41 Å². The van der Waals surface area contributed by atoms with Crippen LogP contribution in [0.1, 0.15) is 55.8 Å². The fourth-order valence-corrected chi connectivity index (χ4v) is 3.94. The highest BCUT2D eigenvalue weighted by atomic mass is 16.3. The summed E-state index contributed by atoms with van der Waals surface area (Å²) in [5, 5.41) is 12.8. The summed E-state index contributed by atoms with van der Waals surface area (Å²) in [5.74, 6) is 0.0413. The van der Waals surface area contributed by atoms with Crippen molar-refractivity contribution in [3.05, 3.63) is 35.9 Å². The fourth-order valence-electron chi connectivity index (χ4n) is 3.94. The molecule has 2 aliphatic rings. The molecule has 0 spiro atoms. The highest BCUT2D eigenvalue weighted by Crippen LogP contribution is 2.31. The molecule has 1 heterocycles. The number of likely N-dealkylation sites (tertiary alicyclic amines) is 1. The van der Waals surface area contributed by atoms with Gasteiger partial charge in [-0.1, -0.05) is 18.2 Å². The second kappa shape index (κ2) is 7.56. The number of nitrogens with one attached hydrogen (secondary N) is 1. The van der Waals surface area contributed by atoms with E-state index in [-0.39, 0.29) is 24.0 Å². The molecule has 1 unspecified atom stereocenters. The van der Waals surface area contributed by atoms with Gasteiger partial charge in [0.1, 0.15) is 0 Å². The number of aliphatic hydroxyl groups is 1. The van der Waals surface area contributed by atoms with Crippen molar-refractivity contribution in [2.75, 3.05) is 13.1 Å². The van der Waals surface area contributed by atoms with Crippen LogP contribution in [0.2, 0.25) is 0 Å². The molecular formula is C20H28N2O3. The maximum Gasteiger partial charge on any atom is 0.253 e. The van der Waals surface area contributed by atoms with Gasteiger partial charge in [-0.25, -0.2) is 0 Å². The molecule has 1 saturated carbocycles. The minimum absolute atomic E-state index is 0.000105. The monoisotopic (exact) mass is 344 g/mol. The minimum atomic E-state index is -0.543. The number of benzene rings is 1. The summed E-state index contributed by atoms with van der Waals surface area (Å²) in [6.07, 6.45) is 4.57. The molecule has 1 aliphatic carbocycles. The van der Waals surface area contributed by atoms with E-state index in [0.29, 0.717) is 18.7 Å². The average Bonchev–Trinajstić information content (AvgIpc) is 2.63. The van der Waals surface area contributed by atoms with Gasteiger partial charge in [0.2, 0.25) is 5.91 Å². The van der Waals surface area contributed by atoms with Crippen LogP contribution in [0.25, 0.3) is 0 Å². The summed E-state index contributed by atoms with van der Waals surface area (Å²) < 4.78 is 0. The first-order valence-electron chi connectivity index (χ1n) is 9.31. The zero-order valence-electron chi connectivity index (χ0n) is 14.9. The Labute approximate surface area is 149 Å². The Balaban J connectivity index is 1.62. The molecule has 0 bridgehead atoms. The first kappa shape index (κ1) is 17.9. The van der Waals surface area contributed by atoms with Crippen LogP contribution in [0.5, 0.6) is 0 Å². The topological polar surface area (TPSA) is 69.6 Å². The van der Waals surface area contributed by atoms with Gasteiger partial charge in [0.15, 0.2) is 0 Å². The standard InChI is InChI=1S/C20H28N2O3/c1-20(19(25)21-16-8-10-17(23)11-9-16)12-5-13-22(14-20)18(24)15-6-3-2-4-7-15/h2-4,6-7,16-17,23H,5,8-14H2,1H3,(H,21,25). The minimum Gasteiger partial charge on any atom is -0.393 e. The van der Waals surface area contributed by atoms with E-state index in [9.17, 15) is 14.7 Å². The molecule has 1 aromatic rings. The highest BCUT2D eigenvalue weighted by Gasteiger charge is 2.40. The van der Waals surface area contributed by atoms with E-state index in [0.717, 1.165) is 38.5 Å². The van der Waals surface area contributed by atoms with Crippen LogP contribution < -0.4 is 5.32 Å². The van der Waals surface area contributed by atoms with Gasteiger partial charge in [0.25, 0.3) is 5.91 Å². The average molecular weight is 344 g/mol. The van der Waals surface area contributed by atoms with Crippen molar-refractivity contribution in [2.45, 2.75) is 57.6 Å². The number of hydrogen-bond donors (Lipinski definition) is 2. The van der Waals surface area contributed by atoms with Gasteiger partial charge >= 0.3 is 0 Å². The number of carbonyl (C=O) groups excluding carboxylic acids is 2. The Morgan fingerprint density at radius 2 is 1.84 bits per heavy atom. The quantitative estimate of drug-likeness (QED) is 0.884. The van der Waals surface area contributed by atoms with Crippen LogP contribution in [-0.4, -0.2) is 47.1 Å². The van der Waals surface area contributed by atoms with Gasteiger partial charge in [-0.15, -0.1) is 0 Å². The van der Waals surface area contributed by atoms with E-state index >= 15 is 0 Å². The van der Waals surface area contributed by atoms with Gasteiger partial charge < -0.3 is 15.3 Å². The van der Waals surface area contributed by atoms with Crippen LogP contribution in [0.15, 0.2) is 30.3 Å². The lowest BCUT2D eigenvalue weighted by Crippen LogP contribution is -2.54. The second-order valence-corrected chi connectivity index (χ2v) is 7.74. The Bertz CT molecular complexity index is 611. The summed E-state index contributed by atoms with van der Waals surface area (Å²) >= 11 is 0. The molecule has 1 aromatic carbocycles. The smallest absolute Gasteiger partial charge is 0.253 e. The van der Waals surface area contributed by atoms with E-state index < -0.39 is 5.41 Å².